The standard InChI is InChI=1S/C23H23FN4O3S/c24-18-8-4-5-9-20(18)31-13-22(30)26-23-17-14-32-15-19(17)27-28(23)12-21(29)25-11-10-16-6-2-1-3-7-16/h1-9H,10-15H2,(H,25,29)(H,26,30). The topological polar surface area (TPSA) is 85.2 Å². The van der Waals surface area contributed by atoms with Crippen LogP contribution < -0.4 is 15.4 Å². The Morgan fingerprint density at radius 1 is 1.06 bits per heavy atom. The Bertz CT molecular complexity index is 1100. The quantitative estimate of drug-likeness (QED) is 0.519. The molecule has 0 saturated carbocycles. The minimum atomic E-state index is -0.533. The first-order valence-electron chi connectivity index (χ1n) is 10.2. The van der Waals surface area contributed by atoms with E-state index in [2.05, 4.69) is 15.7 Å². The summed E-state index contributed by atoms with van der Waals surface area (Å²) >= 11 is 1.69. The Labute approximate surface area is 189 Å². The molecule has 0 radical (unpaired) electrons. The van der Waals surface area contributed by atoms with Crippen LogP contribution in [-0.4, -0.2) is 34.7 Å². The molecule has 1 aliphatic rings. The maximum absolute atomic E-state index is 13.7. The van der Waals surface area contributed by atoms with Gasteiger partial charge in [-0.15, -0.1) is 0 Å². The third-order valence-corrected chi connectivity index (χ3v) is 5.91. The molecule has 0 aliphatic carbocycles. The molecule has 4 rings (SSSR count). The molecule has 3 aromatic rings. The fourth-order valence-corrected chi connectivity index (χ4v) is 4.41. The van der Waals surface area contributed by atoms with Gasteiger partial charge in [0.2, 0.25) is 5.91 Å². The first-order valence-corrected chi connectivity index (χ1v) is 11.4. The fraction of sp³-hybridized carbons (Fsp3) is 0.261. The van der Waals surface area contributed by atoms with Crippen molar-refractivity contribution in [3.8, 4) is 5.75 Å². The van der Waals surface area contributed by atoms with Gasteiger partial charge in [-0.1, -0.05) is 42.5 Å². The zero-order chi connectivity index (χ0) is 22.3. The number of hydrogen-bond acceptors (Lipinski definition) is 5. The summed E-state index contributed by atoms with van der Waals surface area (Å²) in [5.74, 6) is 0.766. The molecule has 2 heterocycles. The second-order valence-corrected chi connectivity index (χ2v) is 8.26. The summed E-state index contributed by atoms with van der Waals surface area (Å²) in [5, 5.41) is 10.2. The molecule has 9 heteroatoms. The number of anilines is 1. The van der Waals surface area contributed by atoms with Gasteiger partial charge in [0.15, 0.2) is 18.2 Å². The number of halogens is 1. The summed E-state index contributed by atoms with van der Waals surface area (Å²) in [6.45, 7) is 0.158. The smallest absolute Gasteiger partial charge is 0.263 e. The van der Waals surface area contributed by atoms with Gasteiger partial charge in [-0.2, -0.15) is 16.9 Å². The van der Waals surface area contributed by atoms with Crippen molar-refractivity contribution in [1.82, 2.24) is 15.1 Å². The Morgan fingerprint density at radius 3 is 2.66 bits per heavy atom. The van der Waals surface area contributed by atoms with Gasteiger partial charge in [0.1, 0.15) is 12.4 Å². The van der Waals surface area contributed by atoms with E-state index in [1.807, 2.05) is 30.3 Å². The zero-order valence-electron chi connectivity index (χ0n) is 17.3. The SMILES string of the molecule is O=C(Cn1nc2c(c1NC(=O)COc1ccccc1F)CSC2)NCCc1ccccc1. The molecule has 1 aliphatic heterocycles. The number of ether oxygens (including phenoxy) is 1. The van der Waals surface area contributed by atoms with E-state index in [0.29, 0.717) is 18.1 Å². The molecule has 7 nitrogen and oxygen atoms in total. The number of nitrogens with one attached hydrogen (secondary N) is 2. The first kappa shape index (κ1) is 21.9. The molecular weight excluding hydrogens is 431 g/mol. The second kappa shape index (κ2) is 10.3. The normalized spacial score (nSPS) is 12.3. The van der Waals surface area contributed by atoms with Gasteiger partial charge in [-0.3, -0.25) is 9.59 Å². The van der Waals surface area contributed by atoms with Crippen LogP contribution in [0.5, 0.6) is 5.75 Å². The Kier molecular flexibility index (Phi) is 7.06. The molecule has 0 unspecified atom stereocenters. The van der Waals surface area contributed by atoms with Gasteiger partial charge in [-0.25, -0.2) is 9.07 Å². The van der Waals surface area contributed by atoms with Gasteiger partial charge >= 0.3 is 0 Å². The predicted octanol–water partition coefficient (Wildman–Crippen LogP) is 3.15. The first-order chi connectivity index (χ1) is 15.6. The maximum Gasteiger partial charge on any atom is 0.263 e. The second-order valence-electron chi connectivity index (χ2n) is 7.28. The molecule has 166 valence electrons. The average Bonchev–Trinajstić information content (AvgIpc) is 3.36. The lowest BCUT2D eigenvalue weighted by molar-refractivity contribution is -0.122. The van der Waals surface area contributed by atoms with E-state index >= 15 is 0 Å². The molecule has 0 atom stereocenters. The number of carbonyl (C=O) groups excluding carboxylic acids is 2. The number of para-hydroxylation sites is 1. The molecule has 0 fully saturated rings. The molecule has 0 saturated heterocycles. The van der Waals surface area contributed by atoms with E-state index in [1.54, 1.807) is 23.9 Å². The summed E-state index contributed by atoms with van der Waals surface area (Å²) in [4.78, 5) is 24.9. The minimum absolute atomic E-state index is 0.00373. The van der Waals surface area contributed by atoms with Crippen LogP contribution in [0.1, 0.15) is 16.8 Å². The monoisotopic (exact) mass is 454 g/mol. The van der Waals surface area contributed by atoms with Crippen LogP contribution in [0.15, 0.2) is 54.6 Å². The highest BCUT2D eigenvalue weighted by Crippen LogP contribution is 2.34. The van der Waals surface area contributed by atoms with E-state index in [1.165, 1.54) is 16.8 Å². The van der Waals surface area contributed by atoms with Crippen molar-refractivity contribution in [2.24, 2.45) is 0 Å². The third kappa shape index (κ3) is 5.47. The number of carbonyl (C=O) groups is 2. The van der Waals surface area contributed by atoms with Crippen molar-refractivity contribution < 1.29 is 18.7 Å². The molecule has 2 aromatic carbocycles. The average molecular weight is 455 g/mol. The van der Waals surface area contributed by atoms with Crippen LogP contribution in [-0.2, 0) is 34.1 Å². The van der Waals surface area contributed by atoms with E-state index < -0.39 is 11.7 Å². The van der Waals surface area contributed by atoms with Crippen LogP contribution in [0, 0.1) is 5.82 Å². The molecule has 0 bridgehead atoms. The van der Waals surface area contributed by atoms with E-state index in [0.717, 1.165) is 29.0 Å². The Balaban J connectivity index is 1.35. The van der Waals surface area contributed by atoms with Crippen molar-refractivity contribution in [3.63, 3.8) is 0 Å². The summed E-state index contributed by atoms with van der Waals surface area (Å²) in [6, 6.07) is 15.8. The van der Waals surface area contributed by atoms with Gasteiger partial charge in [0, 0.05) is 23.6 Å². The number of aromatic nitrogens is 2. The van der Waals surface area contributed by atoms with Crippen LogP contribution in [0.3, 0.4) is 0 Å². The van der Waals surface area contributed by atoms with Crippen LogP contribution in [0.2, 0.25) is 0 Å². The summed E-state index contributed by atoms with van der Waals surface area (Å²) in [7, 11) is 0. The maximum atomic E-state index is 13.7. The van der Waals surface area contributed by atoms with E-state index in [9.17, 15) is 14.0 Å². The molecule has 2 N–H and O–H groups in total. The Morgan fingerprint density at radius 2 is 1.84 bits per heavy atom. The van der Waals surface area contributed by atoms with Crippen molar-refractivity contribution >= 4 is 29.4 Å². The summed E-state index contributed by atoms with van der Waals surface area (Å²) in [5.41, 5.74) is 2.91. The molecule has 2 amide bonds. The number of nitrogens with zero attached hydrogens (tertiary/aromatic N) is 2. The molecule has 32 heavy (non-hydrogen) atoms. The zero-order valence-corrected chi connectivity index (χ0v) is 18.2. The predicted molar refractivity (Wildman–Crippen MR) is 121 cm³/mol. The van der Waals surface area contributed by atoms with Gasteiger partial charge < -0.3 is 15.4 Å². The highest BCUT2D eigenvalue weighted by molar-refractivity contribution is 7.98. The minimum Gasteiger partial charge on any atom is -0.481 e. The number of hydrogen-bond donors (Lipinski definition) is 2. The van der Waals surface area contributed by atoms with Crippen molar-refractivity contribution in [1.29, 1.82) is 0 Å². The highest BCUT2D eigenvalue weighted by Gasteiger charge is 2.25. The van der Waals surface area contributed by atoms with E-state index in [-0.39, 0.29) is 24.8 Å². The number of amides is 2. The van der Waals surface area contributed by atoms with Crippen LogP contribution in [0.4, 0.5) is 10.2 Å². The number of fused-ring (bicyclic) bond motifs is 1. The lowest BCUT2D eigenvalue weighted by atomic mass is 10.1. The Hall–Kier alpha value is -3.33. The lowest BCUT2D eigenvalue weighted by Crippen LogP contribution is -2.31. The van der Waals surface area contributed by atoms with Crippen molar-refractivity contribution in [2.75, 3.05) is 18.5 Å². The van der Waals surface area contributed by atoms with Gasteiger partial charge in [-0.05, 0) is 24.1 Å². The van der Waals surface area contributed by atoms with Crippen molar-refractivity contribution in [2.45, 2.75) is 24.5 Å². The number of benzene rings is 2. The van der Waals surface area contributed by atoms with E-state index in [4.69, 9.17) is 4.74 Å². The molecular formula is C23H23FN4O3S. The lowest BCUT2D eigenvalue weighted by Gasteiger charge is -2.12. The van der Waals surface area contributed by atoms with Gasteiger partial charge in [0.25, 0.3) is 5.91 Å². The largest absolute Gasteiger partial charge is 0.481 e. The van der Waals surface area contributed by atoms with Crippen LogP contribution in [0.25, 0.3) is 0 Å². The third-order valence-electron chi connectivity index (χ3n) is 4.94. The molecule has 1 aromatic heterocycles. The van der Waals surface area contributed by atoms with Gasteiger partial charge in [0.05, 0.1) is 5.69 Å². The fourth-order valence-electron chi connectivity index (χ4n) is 3.38. The highest BCUT2D eigenvalue weighted by atomic mass is 32.2. The molecule has 0 spiro atoms. The number of thioether (sulfide) groups is 1. The number of rotatable bonds is 9. The van der Waals surface area contributed by atoms with Crippen LogP contribution >= 0.6 is 11.8 Å². The summed E-state index contributed by atoms with van der Waals surface area (Å²) in [6.07, 6.45) is 0.732. The van der Waals surface area contributed by atoms with Crippen molar-refractivity contribution in [3.05, 3.63) is 77.2 Å². The summed E-state index contributed by atoms with van der Waals surface area (Å²) < 4.78 is 20.5.